The minimum absolute atomic E-state index is 0.00167. The molecular formula is C12H11NO4. The second kappa shape index (κ2) is 4.37. The highest BCUT2D eigenvalue weighted by Crippen LogP contribution is 2.17. The average Bonchev–Trinajstić information content (AvgIpc) is 2.29. The number of carbonyl (C=O) groups is 1. The van der Waals surface area contributed by atoms with Gasteiger partial charge in [0.2, 0.25) is 0 Å². The lowest BCUT2D eigenvalue weighted by molar-refractivity contribution is 0.0520. The van der Waals surface area contributed by atoms with Gasteiger partial charge in [0.15, 0.2) is 5.69 Å². The van der Waals surface area contributed by atoms with Gasteiger partial charge in [0.25, 0.3) is 0 Å². The Morgan fingerprint density at radius 1 is 1.47 bits per heavy atom. The van der Waals surface area contributed by atoms with Crippen LogP contribution in [0, 0.1) is 6.92 Å². The van der Waals surface area contributed by atoms with Gasteiger partial charge in [-0.1, -0.05) is 11.6 Å². The number of fused-ring (bicyclic) bond motifs is 1. The van der Waals surface area contributed by atoms with Gasteiger partial charge in [-0.25, -0.2) is 9.59 Å². The highest BCUT2D eigenvalue weighted by molar-refractivity contribution is 6.00. The third-order valence-corrected chi connectivity index (χ3v) is 2.26. The fraction of sp³-hybridized carbons (Fsp3) is 0.250. The van der Waals surface area contributed by atoms with Crippen LogP contribution in [0.15, 0.2) is 27.4 Å². The maximum atomic E-state index is 11.7. The van der Waals surface area contributed by atoms with Gasteiger partial charge >= 0.3 is 11.7 Å². The van der Waals surface area contributed by atoms with Gasteiger partial charge in [-0.3, -0.25) is 0 Å². The van der Waals surface area contributed by atoms with Crippen molar-refractivity contribution in [1.82, 2.24) is 4.98 Å². The number of esters is 1. The predicted molar refractivity (Wildman–Crippen MR) is 61.0 cm³/mol. The molecule has 17 heavy (non-hydrogen) atoms. The molecule has 2 rings (SSSR count). The molecule has 0 aliphatic rings. The number of nitrogens with zero attached hydrogens (tertiary/aromatic N) is 1. The van der Waals surface area contributed by atoms with E-state index >= 15 is 0 Å². The lowest BCUT2D eigenvalue weighted by Crippen LogP contribution is -2.15. The SMILES string of the molecule is CCOC(=O)c1nc(=O)oc2ccc(C)cc12. The summed E-state index contributed by atoms with van der Waals surface area (Å²) >= 11 is 0. The molecule has 0 saturated heterocycles. The van der Waals surface area contributed by atoms with Crippen LogP contribution < -0.4 is 5.76 Å². The van der Waals surface area contributed by atoms with Crippen molar-refractivity contribution in [3.63, 3.8) is 0 Å². The molecule has 0 saturated carbocycles. The zero-order chi connectivity index (χ0) is 12.4. The van der Waals surface area contributed by atoms with Gasteiger partial charge in [-0.15, -0.1) is 0 Å². The van der Waals surface area contributed by atoms with E-state index in [1.54, 1.807) is 25.1 Å². The molecule has 1 aromatic carbocycles. The van der Waals surface area contributed by atoms with Crippen LogP contribution in [0.1, 0.15) is 23.0 Å². The van der Waals surface area contributed by atoms with E-state index in [9.17, 15) is 9.59 Å². The van der Waals surface area contributed by atoms with Gasteiger partial charge in [-0.05, 0) is 26.0 Å². The number of carbonyl (C=O) groups excluding carboxylic acids is 1. The summed E-state index contributed by atoms with van der Waals surface area (Å²) in [5.74, 6) is -1.42. The second-order valence-corrected chi connectivity index (χ2v) is 3.55. The highest BCUT2D eigenvalue weighted by atomic mass is 16.5. The number of aryl methyl sites for hydroxylation is 1. The van der Waals surface area contributed by atoms with E-state index in [2.05, 4.69) is 4.98 Å². The standard InChI is InChI=1S/C12H11NO4/c1-3-16-11(14)10-8-6-7(2)4-5-9(8)17-12(15)13-10/h4-6H,3H2,1-2H3. The predicted octanol–water partition coefficient (Wildman–Crippen LogP) is 1.67. The highest BCUT2D eigenvalue weighted by Gasteiger charge is 2.15. The summed E-state index contributed by atoms with van der Waals surface area (Å²) in [6, 6.07) is 5.16. The fourth-order valence-electron chi connectivity index (χ4n) is 1.54. The van der Waals surface area contributed by atoms with Crippen molar-refractivity contribution in [1.29, 1.82) is 0 Å². The summed E-state index contributed by atoms with van der Waals surface area (Å²) in [6.45, 7) is 3.80. The van der Waals surface area contributed by atoms with Gasteiger partial charge in [0.05, 0.1) is 12.0 Å². The summed E-state index contributed by atoms with van der Waals surface area (Å²) < 4.78 is 9.76. The molecule has 5 nitrogen and oxygen atoms in total. The molecule has 0 unspecified atom stereocenters. The molecule has 0 radical (unpaired) electrons. The first-order valence-corrected chi connectivity index (χ1v) is 5.20. The Morgan fingerprint density at radius 2 is 2.24 bits per heavy atom. The molecule has 1 aromatic heterocycles. The van der Waals surface area contributed by atoms with Crippen LogP contribution in [0.25, 0.3) is 11.0 Å². The van der Waals surface area contributed by atoms with Crippen LogP contribution in [-0.4, -0.2) is 17.6 Å². The zero-order valence-electron chi connectivity index (χ0n) is 9.52. The third kappa shape index (κ3) is 2.18. The molecule has 0 N–H and O–H groups in total. The maximum absolute atomic E-state index is 11.7. The van der Waals surface area contributed by atoms with Crippen molar-refractivity contribution in [2.24, 2.45) is 0 Å². The van der Waals surface area contributed by atoms with E-state index in [1.807, 2.05) is 6.92 Å². The first-order valence-electron chi connectivity index (χ1n) is 5.20. The molecule has 0 amide bonds. The van der Waals surface area contributed by atoms with E-state index < -0.39 is 11.7 Å². The lowest BCUT2D eigenvalue weighted by atomic mass is 10.1. The lowest BCUT2D eigenvalue weighted by Gasteiger charge is -2.04. The van der Waals surface area contributed by atoms with Crippen LogP contribution in [-0.2, 0) is 4.74 Å². The van der Waals surface area contributed by atoms with Crippen molar-refractivity contribution in [2.75, 3.05) is 6.61 Å². The summed E-state index contributed by atoms with van der Waals surface area (Å²) in [6.07, 6.45) is 0. The van der Waals surface area contributed by atoms with Crippen LogP contribution in [0.5, 0.6) is 0 Å². The van der Waals surface area contributed by atoms with Gasteiger partial charge in [0, 0.05) is 0 Å². The molecule has 5 heteroatoms. The van der Waals surface area contributed by atoms with Crippen LogP contribution in [0.4, 0.5) is 0 Å². The molecule has 0 aliphatic carbocycles. The summed E-state index contributed by atoms with van der Waals surface area (Å²) in [5, 5.41) is 0.489. The summed E-state index contributed by atoms with van der Waals surface area (Å²) in [7, 11) is 0. The van der Waals surface area contributed by atoms with Gasteiger partial charge < -0.3 is 9.15 Å². The van der Waals surface area contributed by atoms with Gasteiger partial charge in [0.1, 0.15) is 5.58 Å². The number of hydrogen-bond acceptors (Lipinski definition) is 5. The van der Waals surface area contributed by atoms with Crippen LogP contribution in [0.3, 0.4) is 0 Å². The van der Waals surface area contributed by atoms with E-state index in [-0.39, 0.29) is 12.3 Å². The van der Waals surface area contributed by atoms with E-state index in [0.29, 0.717) is 11.0 Å². The third-order valence-electron chi connectivity index (χ3n) is 2.26. The van der Waals surface area contributed by atoms with Crippen molar-refractivity contribution in [2.45, 2.75) is 13.8 Å². The molecule has 88 valence electrons. The first-order chi connectivity index (χ1) is 8.11. The van der Waals surface area contributed by atoms with Gasteiger partial charge in [-0.2, -0.15) is 4.98 Å². The topological polar surface area (TPSA) is 69.4 Å². The monoisotopic (exact) mass is 233 g/mol. The summed E-state index contributed by atoms with van der Waals surface area (Å²) in [4.78, 5) is 26.4. The smallest absolute Gasteiger partial charge is 0.439 e. The van der Waals surface area contributed by atoms with Crippen molar-refractivity contribution >= 4 is 16.9 Å². The number of hydrogen-bond donors (Lipinski definition) is 0. The maximum Gasteiger partial charge on any atom is 0.439 e. The van der Waals surface area contributed by atoms with Crippen molar-refractivity contribution in [3.05, 3.63) is 40.0 Å². The zero-order valence-corrected chi connectivity index (χ0v) is 9.52. The minimum atomic E-state index is -0.801. The molecule has 0 fully saturated rings. The average molecular weight is 233 g/mol. The van der Waals surface area contributed by atoms with E-state index in [1.165, 1.54) is 0 Å². The Kier molecular flexibility index (Phi) is 2.91. The normalized spacial score (nSPS) is 10.5. The van der Waals surface area contributed by atoms with Crippen molar-refractivity contribution in [3.8, 4) is 0 Å². The Morgan fingerprint density at radius 3 is 2.94 bits per heavy atom. The number of ether oxygens (including phenoxy) is 1. The van der Waals surface area contributed by atoms with Crippen LogP contribution in [0.2, 0.25) is 0 Å². The quantitative estimate of drug-likeness (QED) is 0.738. The van der Waals surface area contributed by atoms with Crippen molar-refractivity contribution < 1.29 is 13.9 Å². The molecule has 0 spiro atoms. The Balaban J connectivity index is 2.71. The Bertz CT molecular complexity index is 630. The fourth-order valence-corrected chi connectivity index (χ4v) is 1.54. The molecule has 1 heterocycles. The van der Waals surface area contributed by atoms with Crippen LogP contribution >= 0.6 is 0 Å². The number of rotatable bonds is 2. The first kappa shape index (κ1) is 11.3. The number of benzene rings is 1. The summed E-state index contributed by atoms with van der Waals surface area (Å²) in [5.41, 5.74) is 1.28. The molecular weight excluding hydrogens is 222 g/mol. The number of aromatic nitrogens is 1. The van der Waals surface area contributed by atoms with E-state index in [4.69, 9.17) is 9.15 Å². The van der Waals surface area contributed by atoms with E-state index in [0.717, 1.165) is 5.56 Å². The molecule has 0 aliphatic heterocycles. The molecule has 0 bridgehead atoms. The Hall–Kier alpha value is -2.17. The molecule has 0 atom stereocenters. The molecule has 2 aromatic rings. The minimum Gasteiger partial charge on any atom is -0.461 e. The Labute approximate surface area is 97.0 Å². The largest absolute Gasteiger partial charge is 0.461 e. The second-order valence-electron chi connectivity index (χ2n) is 3.55.